The van der Waals surface area contributed by atoms with Gasteiger partial charge in [-0.05, 0) is 96.7 Å². The minimum Gasteiger partial charge on any atom is -0.506 e. The number of aryl methyl sites for hydroxylation is 3. The Morgan fingerprint density at radius 3 is 2.32 bits per heavy atom. The Morgan fingerprint density at radius 1 is 0.760 bits per heavy atom. The third kappa shape index (κ3) is 8.02. The van der Waals surface area contributed by atoms with Crippen LogP contribution in [0.4, 0.5) is 40.1 Å². The van der Waals surface area contributed by atoms with Gasteiger partial charge in [-0.15, -0.1) is 15.3 Å². The molecule has 0 aliphatic heterocycles. The summed E-state index contributed by atoms with van der Waals surface area (Å²) in [5.41, 5.74) is 5.70. The minimum absolute atomic E-state index is 0.0960. The van der Waals surface area contributed by atoms with Gasteiger partial charge in [0, 0.05) is 29.6 Å². The number of fused-ring (bicyclic) bond motifs is 1. The molecule has 0 amide bonds. The molecule has 13 nitrogen and oxygen atoms in total. The number of nitrogens with zero attached hydrogens (tertiary/aromatic N) is 7. The summed E-state index contributed by atoms with van der Waals surface area (Å²) in [6, 6.07) is 23.5. The van der Waals surface area contributed by atoms with Gasteiger partial charge in [0.05, 0.1) is 12.8 Å². The topological polar surface area (TPSA) is 171 Å². The van der Waals surface area contributed by atoms with E-state index >= 15 is 0 Å². The lowest BCUT2D eigenvalue weighted by Gasteiger charge is -2.12. The molecule has 0 radical (unpaired) electrons. The zero-order valence-electron chi connectivity index (χ0n) is 27.5. The maximum atomic E-state index is 10.7. The maximum Gasteiger partial charge on any atom is 0.231 e. The van der Waals surface area contributed by atoms with E-state index < -0.39 is 0 Å². The van der Waals surface area contributed by atoms with E-state index in [0.29, 0.717) is 40.1 Å². The summed E-state index contributed by atoms with van der Waals surface area (Å²) < 4.78 is 11.3. The van der Waals surface area contributed by atoms with Gasteiger partial charge in [-0.1, -0.05) is 23.8 Å². The zero-order chi connectivity index (χ0) is 35.2. The van der Waals surface area contributed by atoms with Gasteiger partial charge in [0.1, 0.15) is 46.4 Å². The summed E-state index contributed by atoms with van der Waals surface area (Å²) in [5.74, 6) is 0.994. The van der Waals surface area contributed by atoms with Crippen LogP contribution in [0, 0.1) is 20.8 Å². The van der Waals surface area contributed by atoms with Gasteiger partial charge in [-0.2, -0.15) is 10.1 Å². The fraction of sp³-hybridized carbons (Fsp3) is 0.139. The number of halogens is 1. The van der Waals surface area contributed by atoms with Crippen molar-refractivity contribution >= 4 is 62.4 Å². The Balaban J connectivity index is 1.09. The molecule has 14 heteroatoms. The van der Waals surface area contributed by atoms with Gasteiger partial charge >= 0.3 is 0 Å². The normalized spacial score (nSPS) is 11.4. The highest BCUT2D eigenvalue weighted by Crippen LogP contribution is 2.42. The van der Waals surface area contributed by atoms with E-state index in [2.05, 4.69) is 72.0 Å². The molecular formula is C36H32ClN9O4. The van der Waals surface area contributed by atoms with Crippen LogP contribution in [0.25, 0.3) is 10.8 Å². The molecule has 1 heterocycles. The van der Waals surface area contributed by atoms with Crippen LogP contribution in [0.1, 0.15) is 16.7 Å². The molecule has 6 rings (SSSR count). The first-order valence-corrected chi connectivity index (χ1v) is 15.7. The zero-order valence-corrected chi connectivity index (χ0v) is 28.3. The summed E-state index contributed by atoms with van der Waals surface area (Å²) in [5, 5.41) is 47.0. The van der Waals surface area contributed by atoms with E-state index in [1.165, 1.54) is 42.8 Å². The second kappa shape index (κ2) is 14.8. The predicted molar refractivity (Wildman–Crippen MR) is 193 cm³/mol. The van der Waals surface area contributed by atoms with E-state index in [1.807, 2.05) is 18.2 Å². The fourth-order valence-corrected chi connectivity index (χ4v) is 5.30. The van der Waals surface area contributed by atoms with Gasteiger partial charge in [-0.25, -0.2) is 9.97 Å². The first-order chi connectivity index (χ1) is 24.1. The van der Waals surface area contributed by atoms with Gasteiger partial charge in [-0.3, -0.25) is 0 Å². The number of anilines is 3. The molecular weight excluding hydrogens is 658 g/mol. The summed E-state index contributed by atoms with van der Waals surface area (Å²) in [6.07, 6.45) is 1.32. The van der Waals surface area contributed by atoms with Gasteiger partial charge < -0.3 is 30.3 Å². The summed E-state index contributed by atoms with van der Waals surface area (Å²) in [6.45, 7) is 6.05. The molecule has 0 aliphatic carbocycles. The van der Waals surface area contributed by atoms with E-state index in [1.54, 1.807) is 37.3 Å². The third-order valence-corrected chi connectivity index (χ3v) is 7.72. The number of nitrogens with one attached hydrogen (secondary N) is 2. The number of hydrogen-bond acceptors (Lipinski definition) is 13. The largest absolute Gasteiger partial charge is 0.506 e. The van der Waals surface area contributed by atoms with Crippen LogP contribution in [0.15, 0.2) is 106 Å². The molecule has 0 saturated heterocycles. The van der Waals surface area contributed by atoms with E-state index in [-0.39, 0.29) is 34.9 Å². The molecule has 5 aromatic carbocycles. The lowest BCUT2D eigenvalue weighted by atomic mass is 10.0. The summed E-state index contributed by atoms with van der Waals surface area (Å²) >= 11 is 5.80. The molecule has 50 heavy (non-hydrogen) atoms. The monoisotopic (exact) mass is 689 g/mol. The highest BCUT2D eigenvalue weighted by atomic mass is 35.5. The van der Waals surface area contributed by atoms with Crippen molar-refractivity contribution in [2.75, 3.05) is 24.5 Å². The van der Waals surface area contributed by atoms with Gasteiger partial charge in [0.2, 0.25) is 11.2 Å². The summed E-state index contributed by atoms with van der Waals surface area (Å²) in [7, 11) is 1.49. The molecule has 0 fully saturated rings. The van der Waals surface area contributed by atoms with Crippen LogP contribution in [-0.4, -0.2) is 39.0 Å². The third-order valence-electron chi connectivity index (χ3n) is 7.54. The Bertz CT molecular complexity index is 2220. The van der Waals surface area contributed by atoms with Crippen LogP contribution >= 0.6 is 11.6 Å². The number of ether oxygens (including phenoxy) is 2. The Morgan fingerprint density at radius 2 is 1.56 bits per heavy atom. The number of benzene rings is 5. The molecule has 4 N–H and O–H groups in total. The second-order valence-corrected chi connectivity index (χ2v) is 11.6. The van der Waals surface area contributed by atoms with Crippen molar-refractivity contribution < 1.29 is 19.7 Å². The van der Waals surface area contributed by atoms with E-state index in [0.717, 1.165) is 16.5 Å². The predicted octanol–water partition coefficient (Wildman–Crippen LogP) is 10.0. The van der Waals surface area contributed by atoms with Crippen LogP contribution in [-0.2, 0) is 0 Å². The van der Waals surface area contributed by atoms with Crippen LogP contribution in [0.3, 0.4) is 0 Å². The number of hydrogen-bond donors (Lipinski definition) is 4. The number of rotatable bonds is 11. The standard InChI is InChI=1S/C36H32ClN9O4/c1-20-11-21(2)28-10-7-25(14-23(28)12-20)43-45-30-16-31(47)29(17-33(30)49-4)44-46-34-22(3)13-26(15-32(34)48)40-19-50-27-8-5-24(6-9-27)41-36-39-18-38-35(37)42-36/h5-18,40,47-48H,19H2,1-4H3,(H,38,39,41,42). The Hall–Kier alpha value is -6.34. The smallest absolute Gasteiger partial charge is 0.231 e. The number of phenols is 2. The van der Waals surface area contributed by atoms with Crippen molar-refractivity contribution in [1.29, 1.82) is 0 Å². The molecule has 0 bridgehead atoms. The van der Waals surface area contributed by atoms with Crippen LogP contribution in [0.5, 0.6) is 23.0 Å². The first-order valence-electron chi connectivity index (χ1n) is 15.3. The average molecular weight is 690 g/mol. The van der Waals surface area contributed by atoms with E-state index in [9.17, 15) is 10.2 Å². The number of aromatic hydroxyl groups is 2. The molecule has 0 unspecified atom stereocenters. The first kappa shape index (κ1) is 33.6. The Kier molecular flexibility index (Phi) is 9.95. The molecule has 6 aromatic rings. The number of phenolic OH excluding ortho intramolecular Hbond substituents is 2. The number of aromatic nitrogens is 3. The quantitative estimate of drug-likeness (QED) is 0.0763. The summed E-state index contributed by atoms with van der Waals surface area (Å²) in [4.78, 5) is 11.8. The highest BCUT2D eigenvalue weighted by molar-refractivity contribution is 6.28. The highest BCUT2D eigenvalue weighted by Gasteiger charge is 2.12. The SMILES string of the molecule is COc1cc(N=Nc2c(C)cc(NCOc3ccc(Nc4ncnc(Cl)n4)cc3)cc2O)c(O)cc1N=Nc1ccc2c(C)cc(C)cc2c1. The van der Waals surface area contributed by atoms with Crippen LogP contribution in [0.2, 0.25) is 5.28 Å². The fourth-order valence-electron chi connectivity index (χ4n) is 5.18. The molecule has 0 saturated carbocycles. The minimum atomic E-state index is -0.181. The molecule has 0 aliphatic rings. The maximum absolute atomic E-state index is 10.7. The van der Waals surface area contributed by atoms with Gasteiger partial charge in [0.15, 0.2) is 6.73 Å². The van der Waals surface area contributed by atoms with Crippen molar-refractivity contribution in [2.24, 2.45) is 20.5 Å². The average Bonchev–Trinajstić information content (AvgIpc) is 3.08. The van der Waals surface area contributed by atoms with Crippen molar-refractivity contribution in [3.63, 3.8) is 0 Å². The molecule has 1 aromatic heterocycles. The number of azo groups is 2. The molecule has 0 spiro atoms. The lowest BCUT2D eigenvalue weighted by molar-refractivity contribution is 0.347. The van der Waals surface area contributed by atoms with Gasteiger partial charge in [0.25, 0.3) is 0 Å². The van der Waals surface area contributed by atoms with Crippen molar-refractivity contribution in [3.05, 3.63) is 107 Å². The molecule has 252 valence electrons. The van der Waals surface area contributed by atoms with Crippen molar-refractivity contribution in [2.45, 2.75) is 20.8 Å². The lowest BCUT2D eigenvalue weighted by Crippen LogP contribution is -2.09. The van der Waals surface area contributed by atoms with Crippen molar-refractivity contribution in [1.82, 2.24) is 15.0 Å². The second-order valence-electron chi connectivity index (χ2n) is 11.3. The molecule has 0 atom stereocenters. The van der Waals surface area contributed by atoms with Crippen LogP contribution < -0.4 is 20.1 Å². The van der Waals surface area contributed by atoms with Crippen molar-refractivity contribution in [3.8, 4) is 23.0 Å². The number of methoxy groups -OCH3 is 1. The van der Waals surface area contributed by atoms with E-state index in [4.69, 9.17) is 21.1 Å². The Labute approximate surface area is 292 Å².